The van der Waals surface area contributed by atoms with Gasteiger partial charge in [-0.3, -0.25) is 53.4 Å². The number of azide groups is 1. The fraction of sp³-hybridized carbons (Fsp3) is 0.761. The number of carbonyl (C=O) groups excluding carboxylic acids is 10. The summed E-state index contributed by atoms with van der Waals surface area (Å²) in [4.78, 5) is 130. The number of rotatable bonds is 20. The van der Waals surface area contributed by atoms with Crippen molar-refractivity contribution in [2.24, 2.45) is 5.11 Å². The molecule has 4 aliphatic heterocycles. The van der Waals surface area contributed by atoms with Gasteiger partial charge < -0.3 is 85.3 Å². The minimum atomic E-state index is -2.65. The van der Waals surface area contributed by atoms with E-state index in [4.69, 9.17) is 125 Å². The van der Waals surface area contributed by atoms with Crippen LogP contribution in [0.25, 0.3) is 10.4 Å². The first-order valence-corrected chi connectivity index (χ1v) is 25.4. The highest BCUT2D eigenvalue weighted by Gasteiger charge is 2.61. The molecule has 0 spiro atoms. The molecule has 0 amide bonds. The van der Waals surface area contributed by atoms with E-state index < -0.39 is 205 Å². The van der Waals surface area contributed by atoms with Gasteiger partial charge in [-0.05, 0) is 19.4 Å². The molecule has 0 aromatic rings. The second-order valence-corrected chi connectivity index (χ2v) is 20.4. The summed E-state index contributed by atoms with van der Waals surface area (Å²) >= 11 is 18.0. The number of nitrogens with one attached hydrogen (secondary N) is 1. The standard InChI is InChI=1S/C46H61Cl3N4O28/c1-15-30(68-19(5)56)35(71-22(8)59)38(74-25(11)62)42(66-15)79-34-29(52-53-51)41(81-45(50)46(47,48)49)76-27(13-64-17(3)54)32(34)78-44-40(37(73-24(10)61)33(70-21(7)58)28(77-44)14-65-18(4)55)80-43-39(75-26(12)63)36(72-23(9)60)31(16(2)67-43)69-20(6)57/h15-16,27-44,50H,13-14H2,1-12H3/t15?,16?,27?,28?,29?,30-,31-,32-,33+,34-,35?,36+,37+,38-,39?,40?,41?,42+,43?,44+/m1/s1. The van der Waals surface area contributed by atoms with Crippen LogP contribution in [-0.2, 0) is 133 Å². The smallest absolute Gasteiger partial charge is 0.303 e. The van der Waals surface area contributed by atoms with Crippen molar-refractivity contribution in [2.45, 2.75) is 210 Å². The molecule has 4 heterocycles. The van der Waals surface area contributed by atoms with E-state index in [0.717, 1.165) is 69.2 Å². The van der Waals surface area contributed by atoms with Gasteiger partial charge in [0.2, 0.25) is 12.2 Å². The van der Waals surface area contributed by atoms with Crippen molar-refractivity contribution in [1.29, 1.82) is 5.41 Å². The van der Waals surface area contributed by atoms with Crippen LogP contribution in [-0.4, -0.2) is 205 Å². The molecule has 0 aromatic heterocycles. The van der Waals surface area contributed by atoms with E-state index in [-0.39, 0.29) is 0 Å². The fourth-order valence-electron chi connectivity index (χ4n) is 8.76. The largest absolute Gasteiger partial charge is 0.463 e. The zero-order valence-electron chi connectivity index (χ0n) is 45.4. The number of hydrogen-bond donors (Lipinski definition) is 1. The van der Waals surface area contributed by atoms with Gasteiger partial charge in [0.1, 0.15) is 43.7 Å². The third kappa shape index (κ3) is 19.3. The average Bonchev–Trinajstić information content (AvgIpc) is 3.37. The van der Waals surface area contributed by atoms with Crippen molar-refractivity contribution in [1.82, 2.24) is 0 Å². The van der Waals surface area contributed by atoms with Gasteiger partial charge in [-0.25, -0.2) is 0 Å². The number of esters is 10. The zero-order valence-corrected chi connectivity index (χ0v) is 47.6. The van der Waals surface area contributed by atoms with E-state index in [1.807, 2.05) is 0 Å². The molecule has 0 saturated carbocycles. The van der Waals surface area contributed by atoms with Crippen LogP contribution in [0.4, 0.5) is 0 Å². The Labute approximate surface area is 476 Å². The van der Waals surface area contributed by atoms with Crippen LogP contribution in [0.3, 0.4) is 0 Å². The maximum Gasteiger partial charge on any atom is 0.303 e. The molecule has 4 aliphatic rings. The van der Waals surface area contributed by atoms with Gasteiger partial charge in [-0.15, -0.1) is 0 Å². The summed E-state index contributed by atoms with van der Waals surface area (Å²) in [7, 11) is 0. The number of halogens is 3. The first-order chi connectivity index (χ1) is 37.7. The predicted molar refractivity (Wildman–Crippen MR) is 260 cm³/mol. The van der Waals surface area contributed by atoms with Crippen molar-refractivity contribution in [3.05, 3.63) is 10.4 Å². The van der Waals surface area contributed by atoms with Gasteiger partial charge in [-0.2, -0.15) is 0 Å². The second-order valence-electron chi connectivity index (χ2n) is 18.1. The Balaban J connectivity index is 2.11. The van der Waals surface area contributed by atoms with Gasteiger partial charge in [0, 0.05) is 74.1 Å². The topological polar surface area (TPSA) is 409 Å². The molecule has 454 valence electrons. The predicted octanol–water partition coefficient (Wildman–Crippen LogP) is 1.70. The lowest BCUT2D eigenvalue weighted by atomic mass is 9.94. The highest BCUT2D eigenvalue weighted by atomic mass is 35.6. The first-order valence-electron chi connectivity index (χ1n) is 24.3. The Bertz CT molecular complexity index is 2390. The molecule has 4 saturated heterocycles. The van der Waals surface area contributed by atoms with Crippen molar-refractivity contribution < 1.29 is 133 Å². The average molecular weight is 1220 g/mol. The van der Waals surface area contributed by atoms with Crippen molar-refractivity contribution in [2.75, 3.05) is 13.2 Å². The Morgan fingerprint density at radius 3 is 1.10 bits per heavy atom. The van der Waals surface area contributed by atoms with Crippen LogP contribution in [0.1, 0.15) is 83.1 Å². The summed E-state index contributed by atoms with van der Waals surface area (Å²) in [6.07, 6.45) is -35.3. The molecule has 10 unspecified atom stereocenters. The summed E-state index contributed by atoms with van der Waals surface area (Å²) in [5.41, 5.74) is 10.2. The molecule has 4 rings (SSSR count). The number of alkyl halides is 3. The normalized spacial score (nSPS) is 33.7. The van der Waals surface area contributed by atoms with E-state index in [1.165, 1.54) is 13.8 Å². The first kappa shape index (κ1) is 67.6. The van der Waals surface area contributed by atoms with E-state index in [2.05, 4.69) is 10.0 Å². The summed E-state index contributed by atoms with van der Waals surface area (Å²) in [5.74, 6) is -11.1. The molecule has 0 aliphatic carbocycles. The van der Waals surface area contributed by atoms with E-state index in [0.29, 0.717) is 0 Å². The fourth-order valence-corrected chi connectivity index (χ4v) is 8.89. The number of carbonyl (C=O) groups is 10. The van der Waals surface area contributed by atoms with Gasteiger partial charge in [0.05, 0.1) is 12.2 Å². The Hall–Kier alpha value is -5.93. The highest BCUT2D eigenvalue weighted by molar-refractivity contribution is 6.76. The lowest BCUT2D eigenvalue weighted by Crippen LogP contribution is -2.69. The molecule has 35 heteroatoms. The van der Waals surface area contributed by atoms with Crippen molar-refractivity contribution in [3.63, 3.8) is 0 Å². The molecule has 81 heavy (non-hydrogen) atoms. The van der Waals surface area contributed by atoms with Crippen LogP contribution >= 0.6 is 34.8 Å². The van der Waals surface area contributed by atoms with Gasteiger partial charge in [0.15, 0.2) is 73.8 Å². The maximum absolute atomic E-state index is 13.2. The molecule has 0 bridgehead atoms. The van der Waals surface area contributed by atoms with Crippen LogP contribution in [0.5, 0.6) is 0 Å². The third-order valence-electron chi connectivity index (χ3n) is 11.5. The van der Waals surface area contributed by atoms with Crippen LogP contribution in [0.2, 0.25) is 0 Å². The Morgan fingerprint density at radius 2 is 0.728 bits per heavy atom. The Kier molecular flexibility index (Phi) is 24.9. The number of ether oxygens (including phenoxy) is 18. The zero-order chi connectivity index (χ0) is 61.0. The minimum Gasteiger partial charge on any atom is -0.463 e. The number of hydrogen-bond acceptors (Lipinski definition) is 30. The monoisotopic (exact) mass is 1220 g/mol. The molecule has 0 aromatic carbocycles. The highest BCUT2D eigenvalue weighted by Crippen LogP contribution is 2.41. The van der Waals surface area contributed by atoms with Gasteiger partial charge in [0.25, 0.3) is 3.79 Å². The molecule has 0 radical (unpaired) electrons. The minimum absolute atomic E-state index is 0.823. The van der Waals surface area contributed by atoms with Gasteiger partial charge in [-0.1, -0.05) is 39.9 Å². The summed E-state index contributed by atoms with van der Waals surface area (Å²) in [6, 6.07) is -2.06. The quantitative estimate of drug-likeness (QED) is 0.0265. The van der Waals surface area contributed by atoms with E-state index >= 15 is 0 Å². The molecule has 32 nitrogen and oxygen atoms in total. The van der Waals surface area contributed by atoms with E-state index in [1.54, 1.807) is 0 Å². The van der Waals surface area contributed by atoms with E-state index in [9.17, 15) is 53.5 Å². The molecular weight excluding hydrogens is 1160 g/mol. The SMILES string of the molecule is CC(=O)OCC1OC(OC(=N)C(Cl)(Cl)Cl)C(N=[N+]=[N-])[C@@H](O[C@@H]2OC(C)[C@@H](OC(C)=O)C(OC(C)=O)[C@H]2OC(C)=O)[C@@H]1O[C@@H]1OC(COC(C)=O)[C@H](OC(C)=O)[C@H](OC(C)=O)C1OC1OC(C)[C@@H](OC(C)=O)[C@H](OC(C)=O)C1OC(C)=O. The third-order valence-corrected chi connectivity index (χ3v) is 12.0. The van der Waals surface area contributed by atoms with Crippen molar-refractivity contribution in [3.8, 4) is 0 Å². The lowest BCUT2D eigenvalue weighted by molar-refractivity contribution is -0.390. The van der Waals surface area contributed by atoms with Gasteiger partial charge >= 0.3 is 59.7 Å². The number of nitrogens with zero attached hydrogens (tertiary/aromatic N) is 3. The van der Waals surface area contributed by atoms with Crippen LogP contribution in [0.15, 0.2) is 5.11 Å². The molecule has 20 atom stereocenters. The second kappa shape index (κ2) is 29.9. The molecular formula is C46H61Cl3N4O28. The summed E-state index contributed by atoms with van der Waals surface area (Å²) in [6.45, 7) is 10.7. The molecule has 4 fully saturated rings. The van der Waals surface area contributed by atoms with Crippen LogP contribution < -0.4 is 0 Å². The molecule has 1 N–H and O–H groups in total. The lowest BCUT2D eigenvalue weighted by Gasteiger charge is -2.51. The Morgan fingerprint density at radius 1 is 0.420 bits per heavy atom. The summed E-state index contributed by atoms with van der Waals surface area (Å²) < 4.78 is 103. The maximum atomic E-state index is 13.2. The summed E-state index contributed by atoms with van der Waals surface area (Å²) in [5, 5.41) is 12.3. The van der Waals surface area contributed by atoms with Crippen LogP contribution in [0, 0.1) is 5.41 Å². The van der Waals surface area contributed by atoms with Crippen molar-refractivity contribution >= 4 is 100 Å².